The lowest BCUT2D eigenvalue weighted by molar-refractivity contribution is 0.103. The number of benzene rings is 2. The van der Waals surface area contributed by atoms with Crippen LogP contribution in [0.3, 0.4) is 0 Å². The number of nitrogens with zero attached hydrogens (tertiary/aromatic N) is 1. The van der Waals surface area contributed by atoms with E-state index in [0.717, 1.165) is 6.20 Å². The summed E-state index contributed by atoms with van der Waals surface area (Å²) in [6, 6.07) is 18.5. The fourth-order valence-corrected chi connectivity index (χ4v) is 1.72. The van der Waals surface area contributed by atoms with Crippen LogP contribution in [0, 0.1) is 11.3 Å². The molecule has 0 atom stereocenters. The minimum absolute atomic E-state index is 0.144. The van der Waals surface area contributed by atoms with Crippen LogP contribution in [-0.4, -0.2) is 11.8 Å². The van der Waals surface area contributed by atoms with Crippen LogP contribution in [-0.2, 0) is 0 Å². The molecule has 0 aliphatic rings. The summed E-state index contributed by atoms with van der Waals surface area (Å²) in [5, 5.41) is 14.0. The third-order valence-corrected chi connectivity index (χ3v) is 2.78. The Balaban J connectivity index is 2.02. The Kier molecular flexibility index (Phi) is 5.05. The monoisotopic (exact) mass is 291 g/mol. The first kappa shape index (κ1) is 15.0. The van der Waals surface area contributed by atoms with E-state index < -0.39 is 11.8 Å². The summed E-state index contributed by atoms with van der Waals surface area (Å²) in [6.07, 6.45) is 1.10. The zero-order valence-electron chi connectivity index (χ0n) is 11.6. The third kappa shape index (κ3) is 4.05. The van der Waals surface area contributed by atoms with Gasteiger partial charge in [0.15, 0.2) is 0 Å². The maximum absolute atomic E-state index is 12.1. The Bertz CT molecular complexity index is 732. The minimum Gasteiger partial charge on any atom is -0.313 e. The number of para-hydroxylation sites is 1. The Hall–Kier alpha value is -3.39. The van der Waals surface area contributed by atoms with Crippen LogP contribution in [0.25, 0.3) is 0 Å². The number of hydrogen-bond acceptors (Lipinski definition) is 3. The molecule has 2 N–H and O–H groups in total. The van der Waals surface area contributed by atoms with Crippen molar-refractivity contribution < 1.29 is 9.59 Å². The number of amides is 2. The molecule has 108 valence electrons. The van der Waals surface area contributed by atoms with Crippen molar-refractivity contribution >= 4 is 17.5 Å². The van der Waals surface area contributed by atoms with E-state index in [1.165, 1.54) is 0 Å². The predicted molar refractivity (Wildman–Crippen MR) is 83.1 cm³/mol. The number of rotatable bonds is 4. The van der Waals surface area contributed by atoms with Gasteiger partial charge in [-0.1, -0.05) is 48.5 Å². The SMILES string of the molecule is N#C/C(=C\NC(=O)Nc1ccccc1)C(=O)c1ccccc1. The number of carbonyl (C=O) groups is 2. The Morgan fingerprint density at radius 1 is 0.955 bits per heavy atom. The molecule has 0 aliphatic heterocycles. The van der Waals surface area contributed by atoms with Crippen LogP contribution in [0.5, 0.6) is 0 Å². The average molecular weight is 291 g/mol. The summed E-state index contributed by atoms with van der Waals surface area (Å²) in [5.74, 6) is -0.442. The molecule has 0 radical (unpaired) electrons. The Labute approximate surface area is 127 Å². The lowest BCUT2D eigenvalue weighted by Crippen LogP contribution is -2.25. The van der Waals surface area contributed by atoms with Crippen LogP contribution in [0.15, 0.2) is 72.4 Å². The van der Waals surface area contributed by atoms with Gasteiger partial charge in [-0.25, -0.2) is 4.79 Å². The van der Waals surface area contributed by atoms with Gasteiger partial charge in [0.25, 0.3) is 0 Å². The molecule has 0 bridgehead atoms. The molecule has 0 aliphatic carbocycles. The van der Waals surface area contributed by atoms with Crippen molar-refractivity contribution in [1.29, 1.82) is 5.26 Å². The normalized spacial score (nSPS) is 10.4. The van der Waals surface area contributed by atoms with Crippen LogP contribution < -0.4 is 10.6 Å². The maximum Gasteiger partial charge on any atom is 0.323 e. The fourth-order valence-electron chi connectivity index (χ4n) is 1.72. The summed E-state index contributed by atoms with van der Waals surface area (Å²) in [4.78, 5) is 23.8. The lowest BCUT2D eigenvalue weighted by Gasteiger charge is -2.04. The van der Waals surface area contributed by atoms with Gasteiger partial charge in [-0.15, -0.1) is 0 Å². The van der Waals surface area contributed by atoms with Crippen molar-refractivity contribution in [3.05, 3.63) is 78.0 Å². The number of anilines is 1. The second-order valence-electron chi connectivity index (χ2n) is 4.33. The number of Topliss-reactive ketones (excluding diaryl/α,β-unsaturated/α-hetero) is 1. The molecule has 0 saturated heterocycles. The molecule has 2 rings (SSSR count). The lowest BCUT2D eigenvalue weighted by atomic mass is 10.1. The van der Waals surface area contributed by atoms with Gasteiger partial charge in [-0.2, -0.15) is 5.26 Å². The molecule has 0 saturated carbocycles. The van der Waals surface area contributed by atoms with Crippen molar-refractivity contribution in [2.45, 2.75) is 0 Å². The first-order valence-corrected chi connectivity index (χ1v) is 6.53. The van der Waals surface area contributed by atoms with E-state index in [9.17, 15) is 9.59 Å². The van der Waals surface area contributed by atoms with E-state index in [2.05, 4.69) is 10.6 Å². The van der Waals surface area contributed by atoms with Gasteiger partial charge in [-0.3, -0.25) is 4.79 Å². The highest BCUT2D eigenvalue weighted by Gasteiger charge is 2.11. The number of urea groups is 1. The van der Waals surface area contributed by atoms with Crippen molar-refractivity contribution in [3.8, 4) is 6.07 Å². The Morgan fingerprint density at radius 2 is 1.55 bits per heavy atom. The van der Waals surface area contributed by atoms with Gasteiger partial charge >= 0.3 is 6.03 Å². The fraction of sp³-hybridized carbons (Fsp3) is 0. The van der Waals surface area contributed by atoms with Gasteiger partial charge in [0.2, 0.25) is 5.78 Å². The van der Waals surface area contributed by atoms with Gasteiger partial charge in [0.1, 0.15) is 11.6 Å². The summed E-state index contributed by atoms with van der Waals surface area (Å²) < 4.78 is 0. The van der Waals surface area contributed by atoms with Gasteiger partial charge in [0.05, 0.1) is 0 Å². The molecule has 22 heavy (non-hydrogen) atoms. The van der Waals surface area contributed by atoms with E-state index in [-0.39, 0.29) is 5.57 Å². The molecule has 2 aromatic rings. The maximum atomic E-state index is 12.1. The molecule has 0 unspecified atom stereocenters. The highest BCUT2D eigenvalue weighted by Crippen LogP contribution is 2.07. The minimum atomic E-state index is -0.528. The molecule has 0 fully saturated rings. The number of allylic oxidation sites excluding steroid dienone is 1. The van der Waals surface area contributed by atoms with Gasteiger partial charge in [0, 0.05) is 17.5 Å². The zero-order chi connectivity index (χ0) is 15.8. The second kappa shape index (κ2) is 7.41. The van der Waals surface area contributed by atoms with E-state index >= 15 is 0 Å². The van der Waals surface area contributed by atoms with E-state index in [1.54, 1.807) is 60.7 Å². The van der Waals surface area contributed by atoms with Crippen molar-refractivity contribution in [3.63, 3.8) is 0 Å². The topological polar surface area (TPSA) is 82.0 Å². The number of carbonyl (C=O) groups excluding carboxylic acids is 2. The summed E-state index contributed by atoms with van der Waals surface area (Å²) >= 11 is 0. The second-order valence-corrected chi connectivity index (χ2v) is 4.33. The molecule has 0 aromatic heterocycles. The first-order valence-electron chi connectivity index (χ1n) is 6.53. The molecule has 0 spiro atoms. The van der Waals surface area contributed by atoms with Crippen LogP contribution >= 0.6 is 0 Å². The number of ketones is 1. The Morgan fingerprint density at radius 3 is 2.14 bits per heavy atom. The largest absolute Gasteiger partial charge is 0.323 e. The van der Waals surface area contributed by atoms with Gasteiger partial charge in [-0.05, 0) is 12.1 Å². The molecule has 5 heteroatoms. The van der Waals surface area contributed by atoms with E-state index in [0.29, 0.717) is 11.3 Å². The highest BCUT2D eigenvalue weighted by molar-refractivity contribution is 6.11. The number of nitriles is 1. The van der Waals surface area contributed by atoms with Gasteiger partial charge < -0.3 is 10.6 Å². The molecule has 2 aromatic carbocycles. The van der Waals surface area contributed by atoms with Crippen LogP contribution in [0.2, 0.25) is 0 Å². The standard InChI is InChI=1S/C17H13N3O2/c18-11-14(16(21)13-7-3-1-4-8-13)12-19-17(22)20-15-9-5-2-6-10-15/h1-10,12H,(H2,19,20,22)/b14-12+. The van der Waals surface area contributed by atoms with E-state index in [4.69, 9.17) is 5.26 Å². The average Bonchev–Trinajstić information content (AvgIpc) is 2.57. The van der Waals surface area contributed by atoms with Crippen molar-refractivity contribution in [2.24, 2.45) is 0 Å². The van der Waals surface area contributed by atoms with E-state index in [1.807, 2.05) is 6.07 Å². The summed E-state index contributed by atoms with van der Waals surface area (Å²) in [5.41, 5.74) is 0.858. The summed E-state index contributed by atoms with van der Waals surface area (Å²) in [7, 11) is 0. The molecule has 2 amide bonds. The molecule has 5 nitrogen and oxygen atoms in total. The predicted octanol–water partition coefficient (Wildman–Crippen LogP) is 3.10. The summed E-state index contributed by atoms with van der Waals surface area (Å²) in [6.45, 7) is 0. The van der Waals surface area contributed by atoms with Crippen molar-refractivity contribution in [1.82, 2.24) is 5.32 Å². The third-order valence-electron chi connectivity index (χ3n) is 2.78. The zero-order valence-corrected chi connectivity index (χ0v) is 11.6. The van der Waals surface area contributed by atoms with Crippen molar-refractivity contribution in [2.75, 3.05) is 5.32 Å². The first-order chi connectivity index (χ1) is 10.7. The van der Waals surface area contributed by atoms with Crippen LogP contribution in [0.1, 0.15) is 10.4 Å². The molecule has 0 heterocycles. The number of nitrogens with one attached hydrogen (secondary N) is 2. The molecular weight excluding hydrogens is 278 g/mol. The quantitative estimate of drug-likeness (QED) is 0.516. The number of hydrogen-bond donors (Lipinski definition) is 2. The van der Waals surface area contributed by atoms with Crippen LogP contribution in [0.4, 0.5) is 10.5 Å². The molecular formula is C17H13N3O2. The smallest absolute Gasteiger partial charge is 0.313 e. The highest BCUT2D eigenvalue weighted by atomic mass is 16.2.